The van der Waals surface area contributed by atoms with E-state index in [1.54, 1.807) is 14.2 Å². The Hall–Kier alpha value is -2.90. The van der Waals surface area contributed by atoms with Gasteiger partial charge in [0, 0.05) is 14.2 Å². The number of methoxy groups -OCH3 is 2. The Labute approximate surface area is 220 Å². The van der Waals surface area contributed by atoms with Crippen molar-refractivity contribution in [2.45, 2.75) is 20.3 Å². The Kier molecular flexibility index (Phi) is 9.97. The molecule has 6 heteroatoms. The van der Waals surface area contributed by atoms with Gasteiger partial charge in [-0.25, -0.2) is 0 Å². The zero-order chi connectivity index (χ0) is 26.0. The highest BCUT2D eigenvalue weighted by Gasteiger charge is 2.23. The van der Waals surface area contributed by atoms with E-state index in [-0.39, 0.29) is 0 Å². The van der Waals surface area contributed by atoms with E-state index in [0.717, 1.165) is 12.0 Å². The van der Waals surface area contributed by atoms with Crippen molar-refractivity contribution >= 4 is 0 Å². The van der Waals surface area contributed by atoms with Gasteiger partial charge >= 0.3 is 0 Å². The van der Waals surface area contributed by atoms with Gasteiger partial charge in [0.15, 0.2) is 11.5 Å². The molecule has 0 radical (unpaired) electrons. The van der Waals surface area contributed by atoms with E-state index in [0.29, 0.717) is 64.4 Å². The summed E-state index contributed by atoms with van der Waals surface area (Å²) in [5.41, 5.74) is 10.3. The average molecular weight is 507 g/mol. The van der Waals surface area contributed by atoms with Crippen LogP contribution in [0.3, 0.4) is 0 Å². The Balaban J connectivity index is 1.58. The molecule has 0 unspecified atom stereocenters. The SMILES string of the molecule is COCCOCCOc1ccc(-c2cc(C)cc3c2-c2ccc(C)cc2C3)cc1OCCOCCOC. The number of ether oxygens (including phenoxy) is 6. The van der Waals surface area contributed by atoms with Crippen LogP contribution < -0.4 is 9.47 Å². The molecule has 0 spiro atoms. The third-order valence-corrected chi connectivity index (χ3v) is 6.36. The molecule has 0 aliphatic heterocycles. The Bertz CT molecular complexity index is 1170. The molecular formula is C31H38O6. The average Bonchev–Trinajstić information content (AvgIpc) is 3.25. The van der Waals surface area contributed by atoms with Crippen LogP contribution in [0, 0.1) is 13.8 Å². The lowest BCUT2D eigenvalue weighted by Gasteiger charge is -2.17. The molecule has 0 aromatic heterocycles. The van der Waals surface area contributed by atoms with Crippen molar-refractivity contribution in [2.75, 3.05) is 67.1 Å². The maximum atomic E-state index is 6.16. The largest absolute Gasteiger partial charge is 0.487 e. The molecule has 1 aliphatic carbocycles. The van der Waals surface area contributed by atoms with Gasteiger partial charge in [-0.1, -0.05) is 47.5 Å². The molecule has 6 nitrogen and oxygen atoms in total. The van der Waals surface area contributed by atoms with Crippen LogP contribution in [0.1, 0.15) is 22.3 Å². The molecule has 0 heterocycles. The van der Waals surface area contributed by atoms with Gasteiger partial charge in [-0.05, 0) is 65.8 Å². The van der Waals surface area contributed by atoms with Gasteiger partial charge in [0.2, 0.25) is 0 Å². The third-order valence-electron chi connectivity index (χ3n) is 6.36. The van der Waals surface area contributed by atoms with E-state index in [4.69, 9.17) is 28.4 Å². The lowest BCUT2D eigenvalue weighted by atomic mass is 9.92. The molecule has 0 bridgehead atoms. The first kappa shape index (κ1) is 27.1. The van der Waals surface area contributed by atoms with E-state index in [9.17, 15) is 0 Å². The summed E-state index contributed by atoms with van der Waals surface area (Å²) in [6, 6.07) is 17.5. The van der Waals surface area contributed by atoms with Crippen LogP contribution >= 0.6 is 0 Å². The lowest BCUT2D eigenvalue weighted by molar-refractivity contribution is 0.0499. The molecule has 0 amide bonds. The molecule has 0 N–H and O–H groups in total. The summed E-state index contributed by atoms with van der Waals surface area (Å²) < 4.78 is 33.4. The molecule has 37 heavy (non-hydrogen) atoms. The van der Waals surface area contributed by atoms with Crippen LogP contribution in [0.4, 0.5) is 0 Å². The number of hydrogen-bond donors (Lipinski definition) is 0. The first-order chi connectivity index (χ1) is 18.1. The second kappa shape index (κ2) is 13.6. The Morgan fingerprint density at radius 2 is 1.22 bits per heavy atom. The maximum Gasteiger partial charge on any atom is 0.161 e. The number of rotatable bonds is 15. The highest BCUT2D eigenvalue weighted by atomic mass is 16.6. The molecule has 0 saturated carbocycles. The topological polar surface area (TPSA) is 55.4 Å². The van der Waals surface area contributed by atoms with Gasteiger partial charge < -0.3 is 28.4 Å². The van der Waals surface area contributed by atoms with Crippen LogP contribution in [0.2, 0.25) is 0 Å². The molecule has 1 aliphatic rings. The predicted octanol–water partition coefficient (Wildman–Crippen LogP) is 5.63. The van der Waals surface area contributed by atoms with Gasteiger partial charge in [0.05, 0.1) is 39.6 Å². The van der Waals surface area contributed by atoms with Crippen molar-refractivity contribution in [3.8, 4) is 33.8 Å². The van der Waals surface area contributed by atoms with Crippen LogP contribution in [0.15, 0.2) is 48.5 Å². The summed E-state index contributed by atoms with van der Waals surface area (Å²) >= 11 is 0. The minimum atomic E-state index is 0.419. The predicted molar refractivity (Wildman–Crippen MR) is 146 cm³/mol. The molecule has 3 aromatic carbocycles. The van der Waals surface area contributed by atoms with E-state index in [1.807, 2.05) is 6.07 Å². The number of aryl methyl sites for hydroxylation is 2. The third kappa shape index (κ3) is 7.11. The molecule has 198 valence electrons. The minimum Gasteiger partial charge on any atom is -0.487 e. The zero-order valence-electron chi connectivity index (χ0n) is 22.4. The fraction of sp³-hybridized carbons (Fsp3) is 0.419. The molecule has 3 aromatic rings. The fourth-order valence-electron chi connectivity index (χ4n) is 4.68. The highest BCUT2D eigenvalue weighted by molar-refractivity contribution is 5.91. The van der Waals surface area contributed by atoms with Crippen molar-refractivity contribution in [1.82, 2.24) is 0 Å². The molecule has 0 fully saturated rings. The molecular weight excluding hydrogens is 468 g/mol. The maximum absolute atomic E-state index is 6.16. The van der Waals surface area contributed by atoms with E-state index >= 15 is 0 Å². The number of hydrogen-bond acceptors (Lipinski definition) is 6. The van der Waals surface area contributed by atoms with Crippen molar-refractivity contribution in [1.29, 1.82) is 0 Å². The van der Waals surface area contributed by atoms with Crippen LogP contribution in [0.5, 0.6) is 11.5 Å². The van der Waals surface area contributed by atoms with Gasteiger partial charge in [-0.15, -0.1) is 0 Å². The fourth-order valence-corrected chi connectivity index (χ4v) is 4.68. The summed E-state index contributed by atoms with van der Waals surface area (Å²) in [4.78, 5) is 0. The van der Waals surface area contributed by atoms with Gasteiger partial charge in [0.25, 0.3) is 0 Å². The number of benzene rings is 3. The van der Waals surface area contributed by atoms with E-state index < -0.39 is 0 Å². The second-order valence-corrected chi connectivity index (χ2v) is 9.25. The first-order valence-electron chi connectivity index (χ1n) is 12.9. The van der Waals surface area contributed by atoms with Crippen LogP contribution in [-0.2, 0) is 25.4 Å². The van der Waals surface area contributed by atoms with E-state index in [1.165, 1.54) is 38.9 Å². The van der Waals surface area contributed by atoms with Gasteiger partial charge in [0.1, 0.15) is 13.2 Å². The molecule has 4 rings (SSSR count). The quantitative estimate of drug-likeness (QED) is 0.195. The summed E-state index contributed by atoms with van der Waals surface area (Å²) in [6.07, 6.45) is 0.966. The Morgan fingerprint density at radius 3 is 1.92 bits per heavy atom. The van der Waals surface area contributed by atoms with E-state index in [2.05, 4.69) is 56.3 Å². The smallest absolute Gasteiger partial charge is 0.161 e. The molecule has 0 saturated heterocycles. The minimum absolute atomic E-state index is 0.419. The lowest BCUT2D eigenvalue weighted by Crippen LogP contribution is -2.12. The first-order valence-corrected chi connectivity index (χ1v) is 12.9. The van der Waals surface area contributed by atoms with Crippen molar-refractivity contribution in [3.63, 3.8) is 0 Å². The molecule has 0 atom stereocenters. The van der Waals surface area contributed by atoms with Crippen molar-refractivity contribution in [2.24, 2.45) is 0 Å². The number of fused-ring (bicyclic) bond motifs is 3. The van der Waals surface area contributed by atoms with Crippen LogP contribution in [-0.4, -0.2) is 67.1 Å². The second-order valence-electron chi connectivity index (χ2n) is 9.25. The summed E-state index contributed by atoms with van der Waals surface area (Å²) in [6.45, 7) is 8.32. The Morgan fingerprint density at radius 1 is 0.568 bits per heavy atom. The van der Waals surface area contributed by atoms with Gasteiger partial charge in [-0.2, -0.15) is 0 Å². The summed E-state index contributed by atoms with van der Waals surface area (Å²) in [7, 11) is 3.32. The zero-order valence-corrected chi connectivity index (χ0v) is 22.4. The van der Waals surface area contributed by atoms with Crippen molar-refractivity contribution < 1.29 is 28.4 Å². The summed E-state index contributed by atoms with van der Waals surface area (Å²) in [5.74, 6) is 1.39. The van der Waals surface area contributed by atoms with Crippen molar-refractivity contribution in [3.05, 3.63) is 70.8 Å². The monoisotopic (exact) mass is 506 g/mol. The standard InChI is InChI=1S/C31H38O6/c1-22-5-7-27-25(17-22)20-26-18-23(2)19-28(31(26)27)24-6-8-29(36-15-13-34-11-9-32-3)30(21-24)37-16-14-35-12-10-33-4/h5-8,17-19,21H,9-16,20H2,1-4H3. The highest BCUT2D eigenvalue weighted by Crippen LogP contribution is 2.45. The van der Waals surface area contributed by atoms with Crippen LogP contribution in [0.25, 0.3) is 22.3 Å². The summed E-state index contributed by atoms with van der Waals surface area (Å²) in [5, 5.41) is 0. The van der Waals surface area contributed by atoms with Gasteiger partial charge in [-0.3, -0.25) is 0 Å². The normalized spacial score (nSPS) is 11.9.